The smallest absolute Gasteiger partial charge is 0.250 e. The maximum atomic E-state index is 11.8. The molecule has 0 fully saturated rings. The monoisotopic (exact) mass is 341 g/mol. The predicted octanol–water partition coefficient (Wildman–Crippen LogP) is 2.20. The number of thiophene rings is 1. The predicted molar refractivity (Wildman–Crippen MR) is 72.7 cm³/mol. The third kappa shape index (κ3) is 4.67. The Kier molecular flexibility index (Phi) is 5.59. The molecule has 0 aliphatic carbocycles. The Morgan fingerprint density at radius 2 is 2.12 bits per heavy atom. The summed E-state index contributed by atoms with van der Waals surface area (Å²) in [6.45, 7) is 4.04. The molecule has 1 aromatic rings. The molecule has 0 bridgehead atoms. The van der Waals surface area contributed by atoms with Gasteiger partial charge < -0.3 is 5.11 Å². The highest BCUT2D eigenvalue weighted by molar-refractivity contribution is 9.11. The highest BCUT2D eigenvalue weighted by Gasteiger charge is 2.17. The van der Waals surface area contributed by atoms with Gasteiger partial charge in [0.2, 0.25) is 10.0 Å². The van der Waals surface area contributed by atoms with Crippen LogP contribution in [0.3, 0.4) is 0 Å². The lowest BCUT2D eigenvalue weighted by Crippen LogP contribution is -2.28. The van der Waals surface area contributed by atoms with Gasteiger partial charge in [-0.2, -0.15) is 0 Å². The first kappa shape index (κ1) is 15.1. The zero-order valence-electron chi connectivity index (χ0n) is 9.68. The van der Waals surface area contributed by atoms with E-state index in [2.05, 4.69) is 20.7 Å². The number of aliphatic hydroxyl groups excluding tert-OH is 1. The molecule has 1 rings (SSSR count). The number of halogens is 1. The van der Waals surface area contributed by atoms with E-state index in [0.29, 0.717) is 6.42 Å². The molecule has 0 aliphatic heterocycles. The maximum Gasteiger partial charge on any atom is 0.250 e. The first-order valence-corrected chi connectivity index (χ1v) is 8.35. The molecule has 0 aliphatic rings. The molecule has 1 atom stereocenters. The summed E-state index contributed by atoms with van der Waals surface area (Å²) >= 11 is 4.38. The molecule has 0 saturated heterocycles. The fraction of sp³-hybridized carbons (Fsp3) is 0.600. The van der Waals surface area contributed by atoms with Gasteiger partial charge in [-0.1, -0.05) is 13.8 Å². The quantitative estimate of drug-likeness (QED) is 0.833. The fourth-order valence-electron chi connectivity index (χ4n) is 1.19. The number of hydrogen-bond acceptors (Lipinski definition) is 4. The van der Waals surface area contributed by atoms with Gasteiger partial charge in [-0.25, -0.2) is 13.1 Å². The lowest BCUT2D eigenvalue weighted by atomic mass is 10.1. The van der Waals surface area contributed by atoms with Crippen molar-refractivity contribution in [3.05, 3.63) is 15.9 Å². The molecular weight excluding hydrogens is 326 g/mol. The number of nitrogens with one attached hydrogen (secondary N) is 1. The minimum absolute atomic E-state index is 0.135. The van der Waals surface area contributed by atoms with Crippen molar-refractivity contribution >= 4 is 37.3 Å². The molecule has 0 spiro atoms. The molecule has 1 heterocycles. The molecule has 0 aromatic carbocycles. The summed E-state index contributed by atoms with van der Waals surface area (Å²) in [6.07, 6.45) is -0.0588. The summed E-state index contributed by atoms with van der Waals surface area (Å²) in [4.78, 5) is 0. The van der Waals surface area contributed by atoms with Gasteiger partial charge in [0.15, 0.2) is 0 Å². The fourth-order valence-corrected chi connectivity index (χ4v) is 4.29. The average molecular weight is 342 g/mol. The van der Waals surface area contributed by atoms with E-state index in [9.17, 15) is 13.5 Å². The third-order valence-corrected chi connectivity index (χ3v) is 5.89. The second kappa shape index (κ2) is 6.29. The Labute approximate surface area is 114 Å². The standard InChI is InChI=1S/C10H16BrNO3S2/c1-7(2)8(13)5-6-12-17(14,15)10-4-3-9(11)16-10/h3-4,7-8,12-13H,5-6H2,1-2H3. The second-order valence-corrected chi connectivity index (χ2v) is 8.51. The summed E-state index contributed by atoms with van der Waals surface area (Å²) in [7, 11) is -3.43. The molecule has 17 heavy (non-hydrogen) atoms. The normalized spacial score (nSPS) is 14.2. The van der Waals surface area contributed by atoms with Crippen LogP contribution in [-0.4, -0.2) is 26.2 Å². The van der Waals surface area contributed by atoms with Gasteiger partial charge in [0, 0.05) is 6.54 Å². The topological polar surface area (TPSA) is 66.4 Å². The number of sulfonamides is 1. The van der Waals surface area contributed by atoms with Crippen molar-refractivity contribution in [2.24, 2.45) is 5.92 Å². The molecule has 2 N–H and O–H groups in total. The van der Waals surface area contributed by atoms with Gasteiger partial charge in [0.1, 0.15) is 4.21 Å². The zero-order valence-corrected chi connectivity index (χ0v) is 12.9. The van der Waals surface area contributed by atoms with Crippen LogP contribution in [0.1, 0.15) is 20.3 Å². The highest BCUT2D eigenvalue weighted by atomic mass is 79.9. The van der Waals surface area contributed by atoms with Crippen LogP contribution in [0.15, 0.2) is 20.1 Å². The molecule has 98 valence electrons. The van der Waals surface area contributed by atoms with E-state index in [0.717, 1.165) is 15.1 Å². The minimum atomic E-state index is -3.43. The van der Waals surface area contributed by atoms with E-state index < -0.39 is 16.1 Å². The van der Waals surface area contributed by atoms with E-state index in [1.165, 1.54) is 0 Å². The lowest BCUT2D eigenvalue weighted by molar-refractivity contribution is 0.118. The molecule has 7 heteroatoms. The summed E-state index contributed by atoms with van der Waals surface area (Å²) < 4.78 is 27.1. The van der Waals surface area contributed by atoms with Crippen molar-refractivity contribution in [1.29, 1.82) is 0 Å². The highest BCUT2D eigenvalue weighted by Crippen LogP contribution is 2.25. The summed E-state index contributed by atoms with van der Waals surface area (Å²) in [6, 6.07) is 3.25. The second-order valence-electron chi connectivity index (χ2n) is 4.06. The molecule has 4 nitrogen and oxygen atoms in total. The molecule has 1 unspecified atom stereocenters. The van der Waals surface area contributed by atoms with E-state index in [-0.39, 0.29) is 16.7 Å². The van der Waals surface area contributed by atoms with Crippen LogP contribution in [0.25, 0.3) is 0 Å². The van der Waals surface area contributed by atoms with E-state index in [1.807, 2.05) is 13.8 Å². The van der Waals surface area contributed by atoms with Crippen LogP contribution in [0.2, 0.25) is 0 Å². The Bertz CT molecular complexity index is 456. The van der Waals surface area contributed by atoms with E-state index in [4.69, 9.17) is 0 Å². The van der Waals surface area contributed by atoms with Crippen LogP contribution >= 0.6 is 27.3 Å². The van der Waals surface area contributed by atoms with E-state index in [1.54, 1.807) is 12.1 Å². The first-order chi connectivity index (χ1) is 7.83. The summed E-state index contributed by atoms with van der Waals surface area (Å²) in [5.41, 5.74) is 0. The molecule has 0 saturated carbocycles. The molecule has 1 aromatic heterocycles. The SMILES string of the molecule is CC(C)C(O)CCNS(=O)(=O)c1ccc(Br)s1. The van der Waals surface area contributed by atoms with Crippen molar-refractivity contribution < 1.29 is 13.5 Å². The van der Waals surface area contributed by atoms with Crippen LogP contribution in [-0.2, 0) is 10.0 Å². The van der Waals surface area contributed by atoms with Gasteiger partial charge in [0.05, 0.1) is 9.89 Å². The van der Waals surface area contributed by atoms with Crippen molar-refractivity contribution in [3.63, 3.8) is 0 Å². The van der Waals surface area contributed by atoms with Crippen LogP contribution < -0.4 is 4.72 Å². The van der Waals surface area contributed by atoms with E-state index >= 15 is 0 Å². The number of aliphatic hydroxyl groups is 1. The lowest BCUT2D eigenvalue weighted by Gasteiger charge is -2.14. The van der Waals surface area contributed by atoms with Crippen molar-refractivity contribution in [2.75, 3.05) is 6.54 Å². The number of rotatable bonds is 6. The van der Waals surface area contributed by atoms with Gasteiger partial charge in [0.25, 0.3) is 0 Å². The van der Waals surface area contributed by atoms with Gasteiger partial charge >= 0.3 is 0 Å². The number of hydrogen-bond donors (Lipinski definition) is 2. The van der Waals surface area contributed by atoms with Crippen molar-refractivity contribution in [1.82, 2.24) is 4.72 Å². The third-order valence-electron chi connectivity index (χ3n) is 2.32. The summed E-state index contributed by atoms with van der Waals surface area (Å²) in [5.74, 6) is 0.135. The first-order valence-electron chi connectivity index (χ1n) is 5.26. The Balaban J connectivity index is 2.52. The van der Waals surface area contributed by atoms with Crippen LogP contribution in [0.5, 0.6) is 0 Å². The maximum absolute atomic E-state index is 11.8. The molecule has 0 radical (unpaired) electrons. The molecular formula is C10H16BrNO3S2. The van der Waals surface area contributed by atoms with Crippen LogP contribution in [0.4, 0.5) is 0 Å². The van der Waals surface area contributed by atoms with Gasteiger partial charge in [-0.05, 0) is 40.4 Å². The Hall–Kier alpha value is 0.0500. The van der Waals surface area contributed by atoms with Gasteiger partial charge in [-0.15, -0.1) is 11.3 Å². The van der Waals surface area contributed by atoms with Crippen molar-refractivity contribution in [3.8, 4) is 0 Å². The summed E-state index contributed by atoms with van der Waals surface area (Å²) in [5, 5.41) is 9.56. The van der Waals surface area contributed by atoms with Gasteiger partial charge in [-0.3, -0.25) is 0 Å². The largest absolute Gasteiger partial charge is 0.393 e. The average Bonchev–Trinajstić information content (AvgIpc) is 2.65. The zero-order chi connectivity index (χ0) is 13.1. The Morgan fingerprint density at radius 3 is 2.59 bits per heavy atom. The van der Waals surface area contributed by atoms with Crippen LogP contribution in [0, 0.1) is 5.92 Å². The Morgan fingerprint density at radius 1 is 1.47 bits per heavy atom. The van der Waals surface area contributed by atoms with Crippen molar-refractivity contribution in [2.45, 2.75) is 30.6 Å². The molecule has 0 amide bonds. The minimum Gasteiger partial charge on any atom is -0.393 e.